The summed E-state index contributed by atoms with van der Waals surface area (Å²) in [7, 11) is 0. The van der Waals surface area contributed by atoms with E-state index in [1.54, 1.807) is 13.0 Å². The lowest BCUT2D eigenvalue weighted by molar-refractivity contribution is -0.147. The van der Waals surface area contributed by atoms with Crippen LogP contribution in [0.3, 0.4) is 0 Å². The number of rotatable bonds is 4. The number of carbonyl (C=O) groups is 1. The van der Waals surface area contributed by atoms with Crippen LogP contribution in [0.15, 0.2) is 18.2 Å². The molecule has 1 aromatic carbocycles. The molecule has 2 atom stereocenters. The summed E-state index contributed by atoms with van der Waals surface area (Å²) in [6, 6.07) is 5.39. The molecule has 0 saturated heterocycles. The van der Waals surface area contributed by atoms with Gasteiger partial charge in [0.2, 0.25) is 0 Å². The molecule has 0 spiro atoms. The van der Waals surface area contributed by atoms with E-state index < -0.39 is 5.92 Å². The van der Waals surface area contributed by atoms with E-state index in [1.807, 2.05) is 19.1 Å². The lowest BCUT2D eigenvalue weighted by Gasteiger charge is -2.34. The molecule has 0 radical (unpaired) electrons. The van der Waals surface area contributed by atoms with Crippen LogP contribution in [0.4, 0.5) is 5.69 Å². The Morgan fingerprint density at radius 3 is 2.50 bits per heavy atom. The number of esters is 1. The van der Waals surface area contributed by atoms with Gasteiger partial charge in [-0.3, -0.25) is 4.79 Å². The maximum absolute atomic E-state index is 12.4. The average Bonchev–Trinajstić information content (AvgIpc) is 2.34. The molecule has 0 fully saturated rings. The quantitative estimate of drug-likeness (QED) is 0.667. The molecule has 2 N–H and O–H groups in total. The number of ether oxygens (including phenoxy) is 1. The number of carbonyl (C=O) groups excluding carboxylic acids is 1. The van der Waals surface area contributed by atoms with E-state index in [2.05, 4.69) is 20.8 Å². The molecule has 1 rings (SSSR count). The van der Waals surface area contributed by atoms with E-state index in [0.29, 0.717) is 17.3 Å². The summed E-state index contributed by atoms with van der Waals surface area (Å²) in [5, 5.41) is 0.470. The smallest absolute Gasteiger partial charge is 0.313 e. The van der Waals surface area contributed by atoms with Crippen molar-refractivity contribution in [1.82, 2.24) is 0 Å². The molecule has 112 valence electrons. The molecule has 0 aliphatic heterocycles. The van der Waals surface area contributed by atoms with Gasteiger partial charge < -0.3 is 10.5 Å². The van der Waals surface area contributed by atoms with Crippen molar-refractivity contribution in [3.8, 4) is 0 Å². The van der Waals surface area contributed by atoms with Crippen LogP contribution in [0.5, 0.6) is 0 Å². The van der Waals surface area contributed by atoms with Crippen molar-refractivity contribution in [1.29, 1.82) is 0 Å². The number of anilines is 1. The average molecular weight is 298 g/mol. The molecule has 0 aliphatic carbocycles. The SMILES string of the molecule is CCOC(=O)C(c1cccc(Cl)c1N)C(C)C(C)(C)C. The van der Waals surface area contributed by atoms with Gasteiger partial charge in [0.1, 0.15) is 0 Å². The maximum Gasteiger partial charge on any atom is 0.313 e. The van der Waals surface area contributed by atoms with Crippen molar-refractivity contribution in [3.63, 3.8) is 0 Å². The van der Waals surface area contributed by atoms with Gasteiger partial charge in [0.15, 0.2) is 0 Å². The Hall–Kier alpha value is -1.22. The minimum Gasteiger partial charge on any atom is -0.466 e. The van der Waals surface area contributed by atoms with E-state index in [-0.39, 0.29) is 17.3 Å². The number of hydrogen-bond acceptors (Lipinski definition) is 3. The first kappa shape index (κ1) is 16.8. The zero-order valence-corrected chi connectivity index (χ0v) is 13.6. The molecule has 3 nitrogen and oxygen atoms in total. The van der Waals surface area contributed by atoms with E-state index in [1.165, 1.54) is 0 Å². The summed E-state index contributed by atoms with van der Waals surface area (Å²) in [6.45, 7) is 10.5. The third-order valence-electron chi connectivity index (χ3n) is 3.83. The first-order chi connectivity index (χ1) is 9.20. The van der Waals surface area contributed by atoms with Gasteiger partial charge in [0, 0.05) is 0 Å². The Balaban J connectivity index is 3.30. The molecule has 0 aliphatic rings. The molecule has 0 saturated carbocycles. The van der Waals surface area contributed by atoms with Crippen LogP contribution in [0, 0.1) is 11.3 Å². The van der Waals surface area contributed by atoms with Gasteiger partial charge in [-0.25, -0.2) is 0 Å². The second-order valence-electron chi connectivity index (χ2n) is 6.13. The summed E-state index contributed by atoms with van der Waals surface area (Å²) in [6.07, 6.45) is 0. The Labute approximate surface area is 126 Å². The van der Waals surface area contributed by atoms with E-state index in [0.717, 1.165) is 5.56 Å². The number of para-hydroxylation sites is 1. The van der Waals surface area contributed by atoms with Crippen LogP contribution < -0.4 is 5.73 Å². The monoisotopic (exact) mass is 297 g/mol. The highest BCUT2D eigenvalue weighted by Gasteiger charge is 2.36. The van der Waals surface area contributed by atoms with Gasteiger partial charge >= 0.3 is 5.97 Å². The zero-order valence-electron chi connectivity index (χ0n) is 12.9. The van der Waals surface area contributed by atoms with Crippen molar-refractivity contribution >= 4 is 23.3 Å². The summed E-state index contributed by atoms with van der Waals surface area (Å²) in [5.41, 5.74) is 7.22. The summed E-state index contributed by atoms with van der Waals surface area (Å²) < 4.78 is 5.23. The van der Waals surface area contributed by atoms with Gasteiger partial charge in [-0.05, 0) is 29.9 Å². The zero-order chi connectivity index (χ0) is 15.5. The number of hydrogen-bond donors (Lipinski definition) is 1. The fraction of sp³-hybridized carbons (Fsp3) is 0.562. The lowest BCUT2D eigenvalue weighted by atomic mass is 9.71. The molecule has 1 aromatic rings. The van der Waals surface area contributed by atoms with Crippen molar-refractivity contribution in [2.24, 2.45) is 11.3 Å². The maximum atomic E-state index is 12.4. The van der Waals surface area contributed by atoms with Crippen molar-refractivity contribution in [3.05, 3.63) is 28.8 Å². The minimum absolute atomic E-state index is 0.0494. The van der Waals surface area contributed by atoms with Gasteiger partial charge in [-0.2, -0.15) is 0 Å². The topological polar surface area (TPSA) is 52.3 Å². The van der Waals surface area contributed by atoms with Crippen molar-refractivity contribution < 1.29 is 9.53 Å². The predicted molar refractivity (Wildman–Crippen MR) is 83.9 cm³/mol. The van der Waals surface area contributed by atoms with Gasteiger partial charge in [-0.1, -0.05) is 51.4 Å². The van der Waals surface area contributed by atoms with Crippen LogP contribution in [0.2, 0.25) is 5.02 Å². The molecule has 0 aromatic heterocycles. The Kier molecular flexibility index (Phi) is 5.46. The predicted octanol–water partition coefficient (Wildman–Crippen LogP) is 4.25. The molecule has 0 amide bonds. The number of benzene rings is 1. The van der Waals surface area contributed by atoms with Gasteiger partial charge in [0.05, 0.1) is 23.2 Å². The Morgan fingerprint density at radius 2 is 2.00 bits per heavy atom. The van der Waals surface area contributed by atoms with E-state index >= 15 is 0 Å². The highest BCUT2D eigenvalue weighted by atomic mass is 35.5. The number of nitrogen functional groups attached to an aromatic ring is 1. The minimum atomic E-state index is -0.409. The Bertz CT molecular complexity index is 480. The normalized spacial score (nSPS) is 14.7. The third-order valence-corrected chi connectivity index (χ3v) is 4.16. The third kappa shape index (κ3) is 3.66. The highest BCUT2D eigenvalue weighted by Crippen LogP contribution is 2.41. The van der Waals surface area contributed by atoms with Crippen LogP contribution in [0.25, 0.3) is 0 Å². The largest absolute Gasteiger partial charge is 0.466 e. The second kappa shape index (κ2) is 6.49. The van der Waals surface area contributed by atoms with Crippen LogP contribution in [-0.4, -0.2) is 12.6 Å². The van der Waals surface area contributed by atoms with Gasteiger partial charge in [-0.15, -0.1) is 0 Å². The standard InChI is InChI=1S/C16H24ClNO2/c1-6-20-15(19)13(10(2)16(3,4)5)11-8-7-9-12(17)14(11)18/h7-10,13H,6,18H2,1-5H3. The molecular formula is C16H24ClNO2. The summed E-state index contributed by atoms with van der Waals surface area (Å²) in [4.78, 5) is 12.4. The Morgan fingerprint density at radius 1 is 1.40 bits per heavy atom. The number of nitrogens with two attached hydrogens (primary N) is 1. The molecule has 20 heavy (non-hydrogen) atoms. The summed E-state index contributed by atoms with van der Waals surface area (Å²) in [5.74, 6) is -0.583. The first-order valence-electron chi connectivity index (χ1n) is 6.90. The van der Waals surface area contributed by atoms with Crippen LogP contribution >= 0.6 is 11.6 Å². The lowest BCUT2D eigenvalue weighted by Crippen LogP contribution is -2.31. The van der Waals surface area contributed by atoms with Crippen LogP contribution in [-0.2, 0) is 9.53 Å². The molecular weight excluding hydrogens is 274 g/mol. The molecule has 2 unspecified atom stereocenters. The molecule has 0 heterocycles. The van der Waals surface area contributed by atoms with Gasteiger partial charge in [0.25, 0.3) is 0 Å². The fourth-order valence-electron chi connectivity index (χ4n) is 2.16. The molecule has 4 heteroatoms. The van der Waals surface area contributed by atoms with Crippen molar-refractivity contribution in [2.45, 2.75) is 40.5 Å². The molecule has 0 bridgehead atoms. The van der Waals surface area contributed by atoms with Crippen molar-refractivity contribution in [2.75, 3.05) is 12.3 Å². The van der Waals surface area contributed by atoms with E-state index in [4.69, 9.17) is 22.1 Å². The van der Waals surface area contributed by atoms with E-state index in [9.17, 15) is 4.79 Å². The first-order valence-corrected chi connectivity index (χ1v) is 7.28. The summed E-state index contributed by atoms with van der Waals surface area (Å²) >= 11 is 6.08. The number of halogens is 1. The highest BCUT2D eigenvalue weighted by molar-refractivity contribution is 6.33. The second-order valence-corrected chi connectivity index (χ2v) is 6.53. The van der Waals surface area contributed by atoms with Crippen LogP contribution in [0.1, 0.15) is 46.1 Å². The fourth-order valence-corrected chi connectivity index (χ4v) is 2.34.